The normalized spacial score (nSPS) is 11.2. The van der Waals surface area contributed by atoms with Crippen molar-refractivity contribution in [1.29, 1.82) is 0 Å². The van der Waals surface area contributed by atoms with Crippen molar-refractivity contribution >= 4 is 10.0 Å². The lowest BCUT2D eigenvalue weighted by molar-refractivity contribution is 0.363. The van der Waals surface area contributed by atoms with Gasteiger partial charge in [-0.25, -0.2) is 13.6 Å². The number of hydrogen-bond donors (Lipinski definition) is 2. The Balaban J connectivity index is 2.24. The Morgan fingerprint density at radius 3 is 2.58 bits per heavy atom. The molecule has 0 amide bonds. The molecular weight excluding hydrogens is 264 g/mol. The van der Waals surface area contributed by atoms with Crippen LogP contribution in [0.1, 0.15) is 12.0 Å². The summed E-state index contributed by atoms with van der Waals surface area (Å²) in [5.74, 6) is 0.812. The molecule has 0 spiro atoms. The Kier molecular flexibility index (Phi) is 6.55. The fourth-order valence-corrected chi connectivity index (χ4v) is 2.04. The maximum absolute atomic E-state index is 10.7. The van der Waals surface area contributed by atoms with Gasteiger partial charge >= 0.3 is 0 Å². The van der Waals surface area contributed by atoms with Gasteiger partial charge in [0, 0.05) is 6.54 Å². The molecule has 0 heterocycles. The molecule has 1 aromatic rings. The molecule has 0 bridgehead atoms. The summed E-state index contributed by atoms with van der Waals surface area (Å²) in [6.45, 7) is 5.38. The third kappa shape index (κ3) is 7.61. The molecular formula is C13H20N2O3S. The van der Waals surface area contributed by atoms with E-state index >= 15 is 0 Å². The summed E-state index contributed by atoms with van der Waals surface area (Å²) in [6, 6.07) is 7.71. The molecule has 1 rings (SSSR count). The molecule has 0 atom stereocenters. The molecule has 0 unspecified atom stereocenters. The molecule has 0 aliphatic rings. The third-order valence-corrected chi connectivity index (χ3v) is 3.26. The second-order valence-corrected chi connectivity index (χ2v) is 5.87. The molecule has 3 N–H and O–H groups in total. The first-order chi connectivity index (χ1) is 9.01. The predicted octanol–water partition coefficient (Wildman–Crippen LogP) is 1.02. The molecule has 0 saturated carbocycles. The lowest BCUT2D eigenvalue weighted by Crippen LogP contribution is -2.22. The average molecular weight is 284 g/mol. The maximum atomic E-state index is 10.7. The lowest BCUT2D eigenvalue weighted by atomic mass is 10.2. The first-order valence-electron chi connectivity index (χ1n) is 6.05. The summed E-state index contributed by atoms with van der Waals surface area (Å²) in [5.41, 5.74) is 1.11. The van der Waals surface area contributed by atoms with Crippen molar-refractivity contribution in [2.24, 2.45) is 5.14 Å². The van der Waals surface area contributed by atoms with Crippen molar-refractivity contribution < 1.29 is 13.2 Å². The van der Waals surface area contributed by atoms with Gasteiger partial charge in [-0.3, -0.25) is 0 Å². The number of nitrogens with two attached hydrogens (primary N) is 1. The molecule has 0 aromatic heterocycles. The first kappa shape index (κ1) is 15.7. The van der Waals surface area contributed by atoms with Crippen LogP contribution in [0, 0.1) is 0 Å². The van der Waals surface area contributed by atoms with E-state index in [1.165, 1.54) is 0 Å². The van der Waals surface area contributed by atoms with Crippen LogP contribution in [0.4, 0.5) is 0 Å². The predicted molar refractivity (Wildman–Crippen MR) is 76.4 cm³/mol. The highest BCUT2D eigenvalue weighted by Gasteiger charge is 2.01. The average Bonchev–Trinajstić information content (AvgIpc) is 2.36. The molecule has 6 heteroatoms. The van der Waals surface area contributed by atoms with Crippen LogP contribution in [-0.2, 0) is 16.6 Å². The van der Waals surface area contributed by atoms with E-state index in [-0.39, 0.29) is 5.75 Å². The van der Waals surface area contributed by atoms with Crippen LogP contribution in [0.25, 0.3) is 0 Å². The molecule has 0 radical (unpaired) electrons. The smallest absolute Gasteiger partial charge is 0.209 e. The van der Waals surface area contributed by atoms with Crippen molar-refractivity contribution in [3.05, 3.63) is 42.5 Å². The molecule has 0 saturated heterocycles. The minimum absolute atomic E-state index is 0.00826. The highest BCUT2D eigenvalue weighted by molar-refractivity contribution is 7.89. The highest BCUT2D eigenvalue weighted by Crippen LogP contribution is 2.11. The second kappa shape index (κ2) is 7.93. The molecule has 0 aliphatic carbocycles. The Morgan fingerprint density at radius 1 is 1.32 bits per heavy atom. The number of rotatable bonds is 9. The van der Waals surface area contributed by atoms with E-state index in [9.17, 15) is 8.42 Å². The standard InChI is InChI=1S/C13H20N2O3S/c1-2-9-18-13-6-4-12(5-7-13)11-15-8-3-10-19(14,16)17/h2,4-7,15H,1,3,8-11H2,(H2,14,16,17). The number of benzene rings is 1. The molecule has 5 nitrogen and oxygen atoms in total. The van der Waals surface area contributed by atoms with Gasteiger partial charge in [-0.05, 0) is 30.7 Å². The topological polar surface area (TPSA) is 81.4 Å². The van der Waals surface area contributed by atoms with Crippen LogP contribution in [0.2, 0.25) is 0 Å². The third-order valence-electron chi connectivity index (χ3n) is 2.40. The fraction of sp³-hybridized carbons (Fsp3) is 0.385. The highest BCUT2D eigenvalue weighted by atomic mass is 32.2. The Morgan fingerprint density at radius 2 is 2.00 bits per heavy atom. The summed E-state index contributed by atoms with van der Waals surface area (Å²) < 4.78 is 26.8. The van der Waals surface area contributed by atoms with Crippen molar-refractivity contribution in [2.75, 3.05) is 18.9 Å². The molecule has 0 fully saturated rings. The van der Waals surface area contributed by atoms with E-state index in [1.54, 1.807) is 6.08 Å². The van der Waals surface area contributed by atoms with Gasteiger partial charge in [0.05, 0.1) is 5.75 Å². The van der Waals surface area contributed by atoms with Crippen LogP contribution in [0.3, 0.4) is 0 Å². The minimum atomic E-state index is -3.35. The minimum Gasteiger partial charge on any atom is -0.490 e. The van der Waals surface area contributed by atoms with Crippen LogP contribution in [0.15, 0.2) is 36.9 Å². The summed E-state index contributed by atoms with van der Waals surface area (Å²) in [6.07, 6.45) is 2.21. The zero-order valence-corrected chi connectivity index (χ0v) is 11.7. The number of ether oxygens (including phenoxy) is 1. The summed E-state index contributed by atoms with van der Waals surface area (Å²) in [7, 11) is -3.35. The van der Waals surface area contributed by atoms with Gasteiger partial charge in [0.25, 0.3) is 0 Å². The van der Waals surface area contributed by atoms with Gasteiger partial charge in [-0.1, -0.05) is 24.8 Å². The fourth-order valence-electron chi connectivity index (χ4n) is 1.49. The van der Waals surface area contributed by atoms with Crippen LogP contribution in [-0.4, -0.2) is 27.3 Å². The number of nitrogens with one attached hydrogen (secondary N) is 1. The monoisotopic (exact) mass is 284 g/mol. The van der Waals surface area contributed by atoms with Gasteiger partial charge in [-0.2, -0.15) is 0 Å². The van der Waals surface area contributed by atoms with Crippen molar-refractivity contribution in [2.45, 2.75) is 13.0 Å². The van der Waals surface area contributed by atoms with E-state index in [1.807, 2.05) is 24.3 Å². The van der Waals surface area contributed by atoms with Crippen molar-refractivity contribution in [3.8, 4) is 5.75 Å². The number of sulfonamides is 1. The summed E-state index contributed by atoms with van der Waals surface area (Å²) >= 11 is 0. The van der Waals surface area contributed by atoms with Gasteiger partial charge in [-0.15, -0.1) is 0 Å². The Labute approximate surface area is 114 Å². The zero-order valence-electron chi connectivity index (χ0n) is 10.8. The quantitative estimate of drug-likeness (QED) is 0.524. The van der Waals surface area contributed by atoms with Crippen LogP contribution in [0.5, 0.6) is 5.75 Å². The van der Waals surface area contributed by atoms with Crippen molar-refractivity contribution in [1.82, 2.24) is 5.32 Å². The summed E-state index contributed by atoms with van der Waals surface area (Å²) in [5, 5.41) is 8.07. The number of hydrogen-bond acceptors (Lipinski definition) is 4. The lowest BCUT2D eigenvalue weighted by Gasteiger charge is -2.06. The van der Waals surface area contributed by atoms with E-state index in [0.717, 1.165) is 11.3 Å². The van der Waals surface area contributed by atoms with Gasteiger partial charge in [0.15, 0.2) is 0 Å². The first-order valence-corrected chi connectivity index (χ1v) is 7.76. The Bertz CT molecular complexity index is 483. The molecule has 19 heavy (non-hydrogen) atoms. The van der Waals surface area contributed by atoms with E-state index in [4.69, 9.17) is 9.88 Å². The number of primary sulfonamides is 1. The van der Waals surface area contributed by atoms with Gasteiger partial charge in [0.2, 0.25) is 10.0 Å². The zero-order chi connectivity index (χ0) is 14.1. The van der Waals surface area contributed by atoms with Gasteiger partial charge < -0.3 is 10.1 Å². The molecule has 0 aliphatic heterocycles. The SMILES string of the molecule is C=CCOc1ccc(CNCCCS(N)(=O)=O)cc1. The van der Waals surface area contributed by atoms with E-state index in [2.05, 4.69) is 11.9 Å². The van der Waals surface area contributed by atoms with E-state index in [0.29, 0.717) is 26.1 Å². The van der Waals surface area contributed by atoms with Crippen molar-refractivity contribution in [3.63, 3.8) is 0 Å². The maximum Gasteiger partial charge on any atom is 0.209 e. The summed E-state index contributed by atoms with van der Waals surface area (Å²) in [4.78, 5) is 0. The second-order valence-electron chi connectivity index (χ2n) is 4.14. The largest absolute Gasteiger partial charge is 0.490 e. The Hall–Kier alpha value is -1.37. The van der Waals surface area contributed by atoms with Crippen LogP contribution >= 0.6 is 0 Å². The molecule has 106 valence electrons. The van der Waals surface area contributed by atoms with Crippen LogP contribution < -0.4 is 15.2 Å². The van der Waals surface area contributed by atoms with Gasteiger partial charge in [0.1, 0.15) is 12.4 Å². The molecule has 1 aromatic carbocycles. The van der Waals surface area contributed by atoms with E-state index < -0.39 is 10.0 Å².